The first-order chi connectivity index (χ1) is 7.56. The fourth-order valence-electron chi connectivity index (χ4n) is 1.85. The Kier molecular flexibility index (Phi) is 5.29. The lowest BCUT2D eigenvalue weighted by atomic mass is 9.78. The second kappa shape index (κ2) is 6.04. The zero-order valence-electron chi connectivity index (χ0n) is 9.76. The summed E-state index contributed by atoms with van der Waals surface area (Å²) in [7, 11) is 0. The third kappa shape index (κ3) is 3.22. The van der Waals surface area contributed by atoms with E-state index in [1.54, 1.807) is 0 Å². The molecule has 1 rings (SSSR count). The van der Waals surface area contributed by atoms with Gasteiger partial charge >= 0.3 is 0 Å². The maximum absolute atomic E-state index is 9.53. The van der Waals surface area contributed by atoms with Crippen molar-refractivity contribution in [3.63, 3.8) is 0 Å². The molecule has 16 heavy (non-hydrogen) atoms. The van der Waals surface area contributed by atoms with Gasteiger partial charge in [-0.15, -0.1) is 0 Å². The van der Waals surface area contributed by atoms with E-state index in [-0.39, 0.29) is 12.0 Å². The van der Waals surface area contributed by atoms with E-state index in [1.807, 2.05) is 18.2 Å². The molecule has 1 N–H and O–H groups in total. The van der Waals surface area contributed by atoms with Gasteiger partial charge in [-0.3, -0.25) is 0 Å². The van der Waals surface area contributed by atoms with Crippen LogP contribution in [0.5, 0.6) is 0 Å². The third-order valence-electron chi connectivity index (χ3n) is 3.42. The minimum Gasteiger partial charge on any atom is -0.396 e. The van der Waals surface area contributed by atoms with Crippen LogP contribution in [-0.4, -0.2) is 11.7 Å². The van der Waals surface area contributed by atoms with Gasteiger partial charge in [-0.05, 0) is 42.4 Å². The van der Waals surface area contributed by atoms with E-state index in [0.717, 1.165) is 34.3 Å². The van der Waals surface area contributed by atoms with Crippen LogP contribution in [0.25, 0.3) is 0 Å². The summed E-state index contributed by atoms with van der Waals surface area (Å²) < 4.78 is 0.990. The van der Waals surface area contributed by atoms with Gasteiger partial charge in [-0.1, -0.05) is 47.4 Å². The van der Waals surface area contributed by atoms with E-state index in [9.17, 15) is 5.11 Å². The summed E-state index contributed by atoms with van der Waals surface area (Å²) in [5.41, 5.74) is 1.08. The van der Waals surface area contributed by atoms with Crippen LogP contribution in [0.15, 0.2) is 22.7 Å². The Morgan fingerprint density at radius 2 is 1.94 bits per heavy atom. The van der Waals surface area contributed by atoms with Gasteiger partial charge in [0.15, 0.2) is 0 Å². The minimum absolute atomic E-state index is 0.0303. The molecule has 0 aliphatic rings. The molecule has 3 heteroatoms. The van der Waals surface area contributed by atoms with Gasteiger partial charge in [0.25, 0.3) is 0 Å². The molecular weight excluding hydrogens is 287 g/mol. The molecule has 0 heterocycles. The van der Waals surface area contributed by atoms with Crippen LogP contribution in [0, 0.1) is 5.41 Å². The summed E-state index contributed by atoms with van der Waals surface area (Å²) in [6.07, 6.45) is 2.77. The summed E-state index contributed by atoms with van der Waals surface area (Å²) in [6.45, 7) is 4.45. The predicted octanol–water partition coefficient (Wildman–Crippen LogP) is 4.44. The van der Waals surface area contributed by atoms with Gasteiger partial charge in [-0.2, -0.15) is 0 Å². The van der Waals surface area contributed by atoms with E-state index in [2.05, 4.69) is 29.8 Å². The van der Waals surface area contributed by atoms with E-state index in [1.165, 1.54) is 0 Å². The van der Waals surface area contributed by atoms with Crippen LogP contribution < -0.4 is 0 Å². The standard InChI is InChI=1S/C13H18BrClO/c1-3-13(4-2,9-16)8-10-5-6-11(14)7-12(10)15/h5-7,16H,3-4,8-9H2,1-2H3. The highest BCUT2D eigenvalue weighted by molar-refractivity contribution is 9.10. The van der Waals surface area contributed by atoms with Crippen LogP contribution in [0.4, 0.5) is 0 Å². The first-order valence-corrected chi connectivity index (χ1v) is 6.79. The normalized spacial score (nSPS) is 11.8. The molecule has 0 aliphatic heterocycles. The zero-order chi connectivity index (χ0) is 12.2. The summed E-state index contributed by atoms with van der Waals surface area (Å²) in [6, 6.07) is 5.93. The Bertz CT molecular complexity index is 340. The van der Waals surface area contributed by atoms with Gasteiger partial charge in [0.2, 0.25) is 0 Å². The van der Waals surface area contributed by atoms with Crippen molar-refractivity contribution in [2.24, 2.45) is 5.41 Å². The van der Waals surface area contributed by atoms with Crippen molar-refractivity contribution >= 4 is 27.5 Å². The quantitative estimate of drug-likeness (QED) is 0.852. The summed E-state index contributed by atoms with van der Waals surface area (Å²) in [4.78, 5) is 0. The second-order valence-corrected chi connectivity index (χ2v) is 5.60. The molecule has 0 aliphatic carbocycles. The average Bonchev–Trinajstić information content (AvgIpc) is 2.29. The largest absolute Gasteiger partial charge is 0.396 e. The number of aliphatic hydroxyl groups is 1. The van der Waals surface area contributed by atoms with E-state index >= 15 is 0 Å². The summed E-state index contributed by atoms with van der Waals surface area (Å²) in [5, 5.41) is 10.3. The number of rotatable bonds is 5. The molecule has 1 aromatic rings. The molecule has 0 spiro atoms. The van der Waals surface area contributed by atoms with E-state index < -0.39 is 0 Å². The van der Waals surface area contributed by atoms with Crippen molar-refractivity contribution in [2.45, 2.75) is 33.1 Å². The highest BCUT2D eigenvalue weighted by Crippen LogP contribution is 2.33. The Morgan fingerprint density at radius 3 is 2.38 bits per heavy atom. The first-order valence-electron chi connectivity index (χ1n) is 5.61. The molecule has 0 atom stereocenters. The number of halogens is 2. The lowest BCUT2D eigenvalue weighted by molar-refractivity contribution is 0.115. The van der Waals surface area contributed by atoms with Crippen LogP contribution in [0.3, 0.4) is 0 Å². The average molecular weight is 306 g/mol. The molecular formula is C13H18BrClO. The molecule has 0 saturated heterocycles. The van der Waals surface area contributed by atoms with Crippen molar-refractivity contribution in [1.82, 2.24) is 0 Å². The molecule has 1 aromatic carbocycles. The van der Waals surface area contributed by atoms with Gasteiger partial charge < -0.3 is 5.11 Å². The zero-order valence-corrected chi connectivity index (χ0v) is 12.1. The van der Waals surface area contributed by atoms with Crippen molar-refractivity contribution in [3.05, 3.63) is 33.3 Å². The highest BCUT2D eigenvalue weighted by atomic mass is 79.9. The fraction of sp³-hybridized carbons (Fsp3) is 0.538. The number of benzene rings is 1. The molecule has 0 saturated carbocycles. The third-order valence-corrected chi connectivity index (χ3v) is 4.26. The number of hydrogen-bond acceptors (Lipinski definition) is 1. The first kappa shape index (κ1) is 14.0. The van der Waals surface area contributed by atoms with Gasteiger partial charge in [-0.25, -0.2) is 0 Å². The predicted molar refractivity (Wildman–Crippen MR) is 73.0 cm³/mol. The van der Waals surface area contributed by atoms with Crippen molar-refractivity contribution in [3.8, 4) is 0 Å². The smallest absolute Gasteiger partial charge is 0.0490 e. The molecule has 0 unspecified atom stereocenters. The maximum Gasteiger partial charge on any atom is 0.0490 e. The summed E-state index contributed by atoms with van der Waals surface area (Å²) in [5.74, 6) is 0. The lowest BCUT2D eigenvalue weighted by Gasteiger charge is -2.29. The van der Waals surface area contributed by atoms with Crippen LogP contribution >= 0.6 is 27.5 Å². The number of hydrogen-bond donors (Lipinski definition) is 1. The second-order valence-electron chi connectivity index (χ2n) is 4.28. The molecule has 0 radical (unpaired) electrons. The van der Waals surface area contributed by atoms with Crippen molar-refractivity contribution in [1.29, 1.82) is 0 Å². The topological polar surface area (TPSA) is 20.2 Å². The van der Waals surface area contributed by atoms with Crippen molar-refractivity contribution in [2.75, 3.05) is 6.61 Å². The van der Waals surface area contributed by atoms with Crippen LogP contribution in [-0.2, 0) is 6.42 Å². The molecule has 90 valence electrons. The Labute approximate surface area is 111 Å². The maximum atomic E-state index is 9.53. The monoisotopic (exact) mass is 304 g/mol. The van der Waals surface area contributed by atoms with E-state index in [0.29, 0.717) is 0 Å². The van der Waals surface area contributed by atoms with Crippen LogP contribution in [0.1, 0.15) is 32.3 Å². The SMILES string of the molecule is CCC(CC)(CO)Cc1ccc(Br)cc1Cl. The Balaban J connectivity index is 2.93. The lowest BCUT2D eigenvalue weighted by Crippen LogP contribution is -2.26. The van der Waals surface area contributed by atoms with Gasteiger partial charge in [0, 0.05) is 16.1 Å². The van der Waals surface area contributed by atoms with Gasteiger partial charge in [0.05, 0.1) is 0 Å². The van der Waals surface area contributed by atoms with Gasteiger partial charge in [0.1, 0.15) is 0 Å². The highest BCUT2D eigenvalue weighted by Gasteiger charge is 2.26. The molecule has 0 fully saturated rings. The molecule has 0 amide bonds. The van der Waals surface area contributed by atoms with Crippen LogP contribution in [0.2, 0.25) is 5.02 Å². The molecule has 1 nitrogen and oxygen atoms in total. The fourth-order valence-corrected chi connectivity index (χ4v) is 2.59. The van der Waals surface area contributed by atoms with E-state index in [4.69, 9.17) is 11.6 Å². The Morgan fingerprint density at radius 1 is 1.31 bits per heavy atom. The van der Waals surface area contributed by atoms with Crippen molar-refractivity contribution < 1.29 is 5.11 Å². The summed E-state index contributed by atoms with van der Waals surface area (Å²) >= 11 is 9.59. The minimum atomic E-state index is -0.0303. The molecule has 0 bridgehead atoms. The Hall–Kier alpha value is -0.0500. The number of aliphatic hydroxyl groups excluding tert-OH is 1. The molecule has 0 aromatic heterocycles.